The van der Waals surface area contributed by atoms with Crippen molar-refractivity contribution in [3.05, 3.63) is 71.1 Å². The van der Waals surface area contributed by atoms with Crippen LogP contribution in [0.2, 0.25) is 0 Å². The highest BCUT2D eigenvalue weighted by Gasteiger charge is 2.36. The second-order valence-electron chi connectivity index (χ2n) is 8.59. The minimum atomic E-state index is -3.78. The lowest BCUT2D eigenvalue weighted by Gasteiger charge is -2.34. The summed E-state index contributed by atoms with van der Waals surface area (Å²) in [6, 6.07) is 12.7. The number of carbonyl (C=O) groups excluding carboxylic acids is 1. The molecule has 0 radical (unpaired) electrons. The van der Waals surface area contributed by atoms with E-state index in [0.29, 0.717) is 49.3 Å². The first-order valence-electron chi connectivity index (χ1n) is 11.4. The Hall–Kier alpha value is -3.28. The third-order valence-electron chi connectivity index (χ3n) is 6.62. The van der Waals surface area contributed by atoms with E-state index < -0.39 is 10.0 Å². The zero-order valence-electron chi connectivity index (χ0n) is 18.8. The maximum absolute atomic E-state index is 13.6. The fourth-order valence-electron chi connectivity index (χ4n) is 4.74. The fraction of sp³-hybridized carbons (Fsp3) is 0.292. The van der Waals surface area contributed by atoms with E-state index in [0.717, 1.165) is 10.5 Å². The second kappa shape index (κ2) is 8.74. The van der Waals surface area contributed by atoms with Gasteiger partial charge in [0.05, 0.1) is 4.90 Å². The molecule has 1 amide bonds. The molecule has 9 nitrogen and oxygen atoms in total. The predicted octanol–water partition coefficient (Wildman–Crippen LogP) is 2.99. The van der Waals surface area contributed by atoms with Gasteiger partial charge in [0, 0.05) is 68.2 Å². The lowest BCUT2D eigenvalue weighted by atomic mass is 10.1. The molecule has 1 fully saturated rings. The Labute approximate surface area is 206 Å². The van der Waals surface area contributed by atoms with Crippen molar-refractivity contribution in [1.82, 2.24) is 19.3 Å². The minimum absolute atomic E-state index is 0.0601. The summed E-state index contributed by atoms with van der Waals surface area (Å²) >= 11 is 1.58. The number of piperazine rings is 1. The molecule has 0 saturated carbocycles. The van der Waals surface area contributed by atoms with Crippen LogP contribution < -0.4 is 4.90 Å². The highest BCUT2D eigenvalue weighted by atomic mass is 32.2. The molecule has 1 saturated heterocycles. The molecule has 0 aliphatic carbocycles. The van der Waals surface area contributed by atoms with Gasteiger partial charge in [0.15, 0.2) is 10.8 Å². The zero-order valence-corrected chi connectivity index (χ0v) is 20.5. The van der Waals surface area contributed by atoms with Crippen LogP contribution in [-0.2, 0) is 23.0 Å². The standard InChI is InChI=1S/C24H23N5O4S2/c30-23(27-11-13-28(14-12-27)24-25-9-15-34-24)22-19-16-29(10-8-20(19)33-26-22)35(31,32)21-7-3-5-17-4-1-2-6-18(17)21/h1-7,9,15H,8,10-14,16H2. The number of fused-ring (bicyclic) bond motifs is 2. The van der Waals surface area contributed by atoms with Crippen LogP contribution in [-0.4, -0.2) is 66.4 Å². The average molecular weight is 510 g/mol. The minimum Gasteiger partial charge on any atom is -0.360 e. The normalized spacial score (nSPS) is 17.0. The number of sulfonamides is 1. The summed E-state index contributed by atoms with van der Waals surface area (Å²) in [7, 11) is -3.78. The monoisotopic (exact) mass is 509 g/mol. The van der Waals surface area contributed by atoms with Gasteiger partial charge >= 0.3 is 0 Å². The number of hydrogen-bond acceptors (Lipinski definition) is 8. The van der Waals surface area contributed by atoms with Crippen LogP contribution in [0.4, 0.5) is 5.13 Å². The number of carbonyl (C=O) groups is 1. The molecule has 2 aliphatic heterocycles. The molecular weight excluding hydrogens is 486 g/mol. The largest absolute Gasteiger partial charge is 0.360 e. The maximum Gasteiger partial charge on any atom is 0.276 e. The van der Waals surface area contributed by atoms with Gasteiger partial charge in [-0.2, -0.15) is 4.31 Å². The molecule has 6 rings (SSSR count). The molecule has 2 aliphatic rings. The summed E-state index contributed by atoms with van der Waals surface area (Å²) in [5.74, 6) is 0.359. The third kappa shape index (κ3) is 3.89. The number of anilines is 1. The van der Waals surface area contributed by atoms with Crippen LogP contribution in [0.5, 0.6) is 0 Å². The summed E-state index contributed by atoms with van der Waals surface area (Å²) < 4.78 is 34.2. The fourth-order valence-corrected chi connectivity index (χ4v) is 7.06. The van der Waals surface area contributed by atoms with E-state index in [9.17, 15) is 13.2 Å². The molecule has 2 aromatic carbocycles. The summed E-state index contributed by atoms with van der Waals surface area (Å²) in [6.07, 6.45) is 2.15. The zero-order chi connectivity index (χ0) is 24.0. The van der Waals surface area contributed by atoms with Crippen molar-refractivity contribution in [2.75, 3.05) is 37.6 Å². The number of amides is 1. The molecule has 0 spiro atoms. The van der Waals surface area contributed by atoms with Gasteiger partial charge < -0.3 is 14.3 Å². The van der Waals surface area contributed by atoms with E-state index in [1.165, 1.54) is 4.31 Å². The molecule has 35 heavy (non-hydrogen) atoms. The van der Waals surface area contributed by atoms with E-state index in [1.807, 2.05) is 35.7 Å². The lowest BCUT2D eigenvalue weighted by Crippen LogP contribution is -2.49. The molecule has 180 valence electrons. The molecule has 4 heterocycles. The number of thiazole rings is 1. The Bertz CT molecular complexity index is 1490. The highest BCUT2D eigenvalue weighted by Crippen LogP contribution is 2.31. The van der Waals surface area contributed by atoms with Gasteiger partial charge in [-0.05, 0) is 11.5 Å². The van der Waals surface area contributed by atoms with Crippen LogP contribution in [0.3, 0.4) is 0 Å². The maximum atomic E-state index is 13.6. The van der Waals surface area contributed by atoms with Crippen LogP contribution in [0.1, 0.15) is 21.8 Å². The van der Waals surface area contributed by atoms with Crippen molar-refractivity contribution in [1.29, 1.82) is 0 Å². The van der Waals surface area contributed by atoms with Crippen LogP contribution in [0.15, 0.2) is 63.5 Å². The van der Waals surface area contributed by atoms with Gasteiger partial charge in [-0.25, -0.2) is 13.4 Å². The molecule has 0 N–H and O–H groups in total. The van der Waals surface area contributed by atoms with Gasteiger partial charge in [0.2, 0.25) is 10.0 Å². The second-order valence-corrected chi connectivity index (χ2v) is 11.4. The average Bonchev–Trinajstić information content (AvgIpc) is 3.58. The first-order chi connectivity index (χ1) is 17.0. The summed E-state index contributed by atoms with van der Waals surface area (Å²) in [5.41, 5.74) is 0.771. The molecular formula is C24H23N5O4S2. The van der Waals surface area contributed by atoms with Crippen molar-refractivity contribution in [3.63, 3.8) is 0 Å². The van der Waals surface area contributed by atoms with Crippen molar-refractivity contribution in [2.45, 2.75) is 17.9 Å². The number of nitrogens with zero attached hydrogens (tertiary/aromatic N) is 5. The Kier molecular flexibility index (Phi) is 5.54. The predicted molar refractivity (Wildman–Crippen MR) is 132 cm³/mol. The van der Waals surface area contributed by atoms with E-state index >= 15 is 0 Å². The lowest BCUT2D eigenvalue weighted by molar-refractivity contribution is 0.0735. The molecule has 4 aromatic rings. The third-order valence-corrected chi connectivity index (χ3v) is 9.35. The van der Waals surface area contributed by atoms with Crippen LogP contribution in [0.25, 0.3) is 10.8 Å². The van der Waals surface area contributed by atoms with Crippen LogP contribution >= 0.6 is 11.3 Å². The van der Waals surface area contributed by atoms with E-state index in [2.05, 4.69) is 15.0 Å². The van der Waals surface area contributed by atoms with Crippen LogP contribution in [0, 0.1) is 0 Å². The molecule has 0 bridgehead atoms. The first-order valence-corrected chi connectivity index (χ1v) is 13.7. The van der Waals surface area contributed by atoms with E-state index in [-0.39, 0.29) is 29.6 Å². The SMILES string of the molecule is O=C(c1noc2c1CN(S(=O)(=O)c1cccc3ccccc13)CC2)N1CCN(c2nccs2)CC1. The highest BCUT2D eigenvalue weighted by molar-refractivity contribution is 7.89. The van der Waals surface area contributed by atoms with E-state index in [1.54, 1.807) is 34.6 Å². The summed E-state index contributed by atoms with van der Waals surface area (Å²) in [5, 5.41) is 8.50. The Balaban J connectivity index is 1.23. The first kappa shape index (κ1) is 22.2. The quantitative estimate of drug-likeness (QED) is 0.417. The number of aromatic nitrogens is 2. The van der Waals surface area contributed by atoms with Crippen molar-refractivity contribution >= 4 is 43.2 Å². The van der Waals surface area contributed by atoms with Gasteiger partial charge in [-0.3, -0.25) is 4.79 Å². The Morgan fingerprint density at radius 2 is 1.80 bits per heavy atom. The molecule has 0 atom stereocenters. The summed E-state index contributed by atoms with van der Waals surface area (Å²) in [6.45, 7) is 2.77. The van der Waals surface area contributed by atoms with Gasteiger partial charge in [-0.15, -0.1) is 11.3 Å². The van der Waals surface area contributed by atoms with Crippen molar-refractivity contribution in [3.8, 4) is 0 Å². The Morgan fingerprint density at radius 1 is 1.00 bits per heavy atom. The number of benzene rings is 2. The van der Waals surface area contributed by atoms with Gasteiger partial charge in [0.25, 0.3) is 5.91 Å². The molecule has 0 unspecified atom stereocenters. The van der Waals surface area contributed by atoms with Crippen molar-refractivity contribution in [2.24, 2.45) is 0 Å². The topological polar surface area (TPSA) is 99.8 Å². The van der Waals surface area contributed by atoms with Gasteiger partial charge in [-0.1, -0.05) is 41.6 Å². The van der Waals surface area contributed by atoms with E-state index in [4.69, 9.17) is 4.52 Å². The Morgan fingerprint density at radius 3 is 2.60 bits per heavy atom. The molecule has 11 heteroatoms. The summed E-state index contributed by atoms with van der Waals surface area (Å²) in [4.78, 5) is 21.8. The smallest absolute Gasteiger partial charge is 0.276 e. The van der Waals surface area contributed by atoms with Gasteiger partial charge in [0.1, 0.15) is 5.76 Å². The molecule has 2 aromatic heterocycles. The van der Waals surface area contributed by atoms with Crippen molar-refractivity contribution < 1.29 is 17.7 Å². The number of hydrogen-bond donors (Lipinski definition) is 0. The number of rotatable bonds is 4.